The molecule has 0 radical (unpaired) electrons. The van der Waals surface area contributed by atoms with E-state index in [0.29, 0.717) is 5.04 Å². The van der Waals surface area contributed by atoms with Gasteiger partial charge >= 0.3 is 5.97 Å². The lowest BCUT2D eigenvalue weighted by Crippen LogP contribution is -2.35. The molecule has 3 atom stereocenters. The van der Waals surface area contributed by atoms with E-state index in [4.69, 9.17) is 10.3 Å². The van der Waals surface area contributed by atoms with E-state index in [1.165, 1.54) is 18.9 Å². The molecular weight excluding hydrogens is 268 g/mol. The lowest BCUT2D eigenvalue weighted by atomic mass is 10.2. The van der Waals surface area contributed by atoms with Crippen LogP contribution in [-0.4, -0.2) is 54.2 Å². The fourth-order valence-electron chi connectivity index (χ4n) is 1.37. The Bertz CT molecular complexity index is 433. The maximum atomic E-state index is 11.3. The van der Waals surface area contributed by atoms with E-state index in [9.17, 15) is 13.2 Å². The van der Waals surface area contributed by atoms with Gasteiger partial charge in [-0.3, -0.25) is 9.55 Å². The highest BCUT2D eigenvalue weighted by atomic mass is 32.2. The van der Waals surface area contributed by atoms with Gasteiger partial charge in [-0.2, -0.15) is 8.42 Å². The van der Waals surface area contributed by atoms with Crippen LogP contribution in [-0.2, 0) is 19.6 Å². The van der Waals surface area contributed by atoms with Crippen molar-refractivity contribution in [1.29, 1.82) is 0 Å². The molecule has 1 unspecified atom stereocenters. The summed E-state index contributed by atoms with van der Waals surface area (Å²) in [4.78, 5) is 15.4. The van der Waals surface area contributed by atoms with Crippen LogP contribution in [0.5, 0.6) is 0 Å². The molecule has 0 aromatic rings. The number of nitrogens with zero attached hydrogens (tertiary/aromatic N) is 1. The summed E-state index contributed by atoms with van der Waals surface area (Å²) in [5, 5.41) is 0.176. The average Bonchev–Trinajstić information content (AvgIpc) is 2.57. The quantitative estimate of drug-likeness (QED) is 0.515. The minimum atomic E-state index is -4.16. The molecule has 17 heavy (non-hydrogen) atoms. The number of hydrogen-bond acceptors (Lipinski definition) is 7. The highest BCUT2D eigenvalue weighted by molar-refractivity contribution is 8.15. The van der Waals surface area contributed by atoms with Gasteiger partial charge in [0, 0.05) is 5.25 Å². The second-order valence-electron chi connectivity index (χ2n) is 3.61. The van der Waals surface area contributed by atoms with Crippen molar-refractivity contribution in [3.63, 3.8) is 0 Å². The number of nitrogens with two attached hydrogens (primary N) is 1. The first-order valence-electron chi connectivity index (χ1n) is 4.77. The molecule has 7 nitrogen and oxygen atoms in total. The van der Waals surface area contributed by atoms with Gasteiger partial charge in [0.2, 0.25) is 0 Å². The molecule has 1 aliphatic rings. The third-order valence-electron chi connectivity index (χ3n) is 2.17. The predicted molar refractivity (Wildman–Crippen MR) is 64.7 cm³/mol. The van der Waals surface area contributed by atoms with Gasteiger partial charge in [0.25, 0.3) is 10.1 Å². The number of rotatable bonds is 4. The fraction of sp³-hybridized carbons (Fsp3) is 0.750. The van der Waals surface area contributed by atoms with Crippen LogP contribution in [0.1, 0.15) is 6.92 Å². The van der Waals surface area contributed by atoms with Gasteiger partial charge in [0.05, 0.1) is 23.9 Å². The van der Waals surface area contributed by atoms with Gasteiger partial charge in [0.1, 0.15) is 0 Å². The van der Waals surface area contributed by atoms with E-state index in [2.05, 4.69) is 9.73 Å². The molecule has 0 saturated carbocycles. The van der Waals surface area contributed by atoms with Gasteiger partial charge in [0.15, 0.2) is 6.04 Å². The number of esters is 1. The van der Waals surface area contributed by atoms with Crippen molar-refractivity contribution >= 4 is 32.9 Å². The number of thioether (sulfide) groups is 1. The van der Waals surface area contributed by atoms with Crippen LogP contribution in [0.3, 0.4) is 0 Å². The van der Waals surface area contributed by atoms with Gasteiger partial charge in [-0.15, -0.1) is 11.8 Å². The summed E-state index contributed by atoms with van der Waals surface area (Å²) in [6.07, 6.45) is 0. The van der Waals surface area contributed by atoms with E-state index in [1.54, 1.807) is 6.92 Å². The number of hydrogen-bond donors (Lipinski definition) is 2. The Morgan fingerprint density at radius 1 is 1.71 bits per heavy atom. The first-order valence-corrected chi connectivity index (χ1v) is 7.26. The van der Waals surface area contributed by atoms with Gasteiger partial charge in [-0.05, 0) is 0 Å². The summed E-state index contributed by atoms with van der Waals surface area (Å²) in [6.45, 7) is 1.77. The minimum Gasteiger partial charge on any atom is -0.467 e. The Hall–Kier alpha value is -0.640. The lowest BCUT2D eigenvalue weighted by Gasteiger charge is -2.09. The molecule has 1 aliphatic heterocycles. The van der Waals surface area contributed by atoms with Gasteiger partial charge in [-0.1, -0.05) is 6.92 Å². The second-order valence-corrected chi connectivity index (χ2v) is 6.51. The van der Waals surface area contributed by atoms with Gasteiger partial charge < -0.3 is 10.5 Å². The SMILES string of the molecule is COC(=O)[C@H]1N=C(C(N)CS(=O)(=O)O)S[C@H]1C. The first kappa shape index (κ1) is 14.4. The Morgan fingerprint density at radius 3 is 2.76 bits per heavy atom. The Balaban J connectivity index is 2.77. The summed E-state index contributed by atoms with van der Waals surface area (Å²) in [5.41, 5.74) is 5.59. The van der Waals surface area contributed by atoms with Crippen LogP contribution >= 0.6 is 11.8 Å². The summed E-state index contributed by atoms with van der Waals surface area (Å²) in [6, 6.07) is -1.60. The number of aliphatic imine (C=N–C) groups is 1. The van der Waals surface area contributed by atoms with Crippen LogP contribution in [0.2, 0.25) is 0 Å². The van der Waals surface area contributed by atoms with Crippen LogP contribution < -0.4 is 5.73 Å². The molecule has 0 fully saturated rings. The summed E-state index contributed by atoms with van der Waals surface area (Å²) in [5.74, 6) is -1.10. The highest BCUT2D eigenvalue weighted by Gasteiger charge is 2.35. The molecule has 1 heterocycles. The van der Waals surface area contributed by atoms with Crippen molar-refractivity contribution < 1.29 is 22.5 Å². The average molecular weight is 282 g/mol. The first-order chi connectivity index (χ1) is 7.74. The van der Waals surface area contributed by atoms with Crippen molar-refractivity contribution in [2.75, 3.05) is 12.9 Å². The largest absolute Gasteiger partial charge is 0.467 e. The van der Waals surface area contributed by atoms with Crippen LogP contribution in [0, 0.1) is 0 Å². The number of carbonyl (C=O) groups excluding carboxylic acids is 1. The molecule has 0 aromatic heterocycles. The smallest absolute Gasteiger partial charge is 0.331 e. The molecule has 0 aliphatic carbocycles. The molecule has 0 saturated heterocycles. The van der Waals surface area contributed by atoms with Crippen LogP contribution in [0.4, 0.5) is 0 Å². The third kappa shape index (κ3) is 3.95. The van der Waals surface area contributed by atoms with E-state index in [1.807, 2.05) is 0 Å². The molecule has 98 valence electrons. The number of methoxy groups -OCH3 is 1. The number of carbonyl (C=O) groups is 1. The van der Waals surface area contributed by atoms with E-state index >= 15 is 0 Å². The van der Waals surface area contributed by atoms with Gasteiger partial charge in [-0.25, -0.2) is 4.79 Å². The maximum absolute atomic E-state index is 11.3. The standard InChI is InChI=1S/C8H14N2O5S2/c1-4-6(8(11)15-2)10-7(16-4)5(9)3-17(12,13)14/h4-6H,3,9H2,1-2H3,(H,12,13,14)/t4-,5?,6-/m0/s1. The minimum absolute atomic E-state index is 0.162. The normalized spacial score (nSPS) is 26.5. The zero-order chi connectivity index (χ0) is 13.2. The van der Waals surface area contributed by atoms with Crippen molar-refractivity contribution in [1.82, 2.24) is 0 Å². The monoisotopic (exact) mass is 282 g/mol. The van der Waals surface area contributed by atoms with Crippen molar-refractivity contribution in [2.45, 2.75) is 24.3 Å². The van der Waals surface area contributed by atoms with Crippen LogP contribution in [0.25, 0.3) is 0 Å². The predicted octanol–water partition coefficient (Wildman–Crippen LogP) is -0.723. The zero-order valence-corrected chi connectivity index (χ0v) is 11.0. The highest BCUT2D eigenvalue weighted by Crippen LogP contribution is 2.28. The number of ether oxygens (including phenoxy) is 1. The Labute approximate surface area is 104 Å². The Kier molecular flexibility index (Phi) is 4.53. The van der Waals surface area contributed by atoms with E-state index in [0.717, 1.165) is 0 Å². The molecule has 1 rings (SSSR count). The summed E-state index contributed by atoms with van der Waals surface area (Å²) in [7, 11) is -2.90. The maximum Gasteiger partial charge on any atom is 0.331 e. The molecule has 0 spiro atoms. The summed E-state index contributed by atoms with van der Waals surface area (Å²) >= 11 is 1.21. The zero-order valence-electron chi connectivity index (χ0n) is 9.36. The van der Waals surface area contributed by atoms with Crippen molar-refractivity contribution in [3.05, 3.63) is 0 Å². The second kappa shape index (κ2) is 5.34. The fourth-order valence-corrected chi connectivity index (χ4v) is 3.21. The summed E-state index contributed by atoms with van der Waals surface area (Å²) < 4.78 is 34.6. The van der Waals surface area contributed by atoms with E-state index in [-0.39, 0.29) is 5.25 Å². The van der Waals surface area contributed by atoms with Crippen molar-refractivity contribution in [2.24, 2.45) is 10.7 Å². The molecule has 0 bridgehead atoms. The molecule has 3 N–H and O–H groups in total. The van der Waals surface area contributed by atoms with Crippen LogP contribution in [0.15, 0.2) is 4.99 Å². The molecule has 9 heteroatoms. The van der Waals surface area contributed by atoms with E-state index < -0.39 is 33.9 Å². The molecular formula is C8H14N2O5S2. The molecule has 0 amide bonds. The topological polar surface area (TPSA) is 119 Å². The van der Waals surface area contributed by atoms with Crippen molar-refractivity contribution in [3.8, 4) is 0 Å². The molecule has 0 aromatic carbocycles. The lowest BCUT2D eigenvalue weighted by molar-refractivity contribution is -0.141. The third-order valence-corrected chi connectivity index (χ3v) is 4.23. The Morgan fingerprint density at radius 2 is 2.29 bits per heavy atom.